The number of hydrogen-bond donors (Lipinski definition) is 1. The molecule has 1 aliphatic heterocycles. The Kier molecular flexibility index (Phi) is 5.12. The molecule has 122 valence electrons. The lowest BCUT2D eigenvalue weighted by atomic mass is 9.98. The molecule has 0 unspecified atom stereocenters. The van der Waals surface area contributed by atoms with Crippen LogP contribution >= 0.6 is 0 Å². The van der Waals surface area contributed by atoms with Crippen molar-refractivity contribution < 1.29 is 22.0 Å². The predicted octanol–water partition coefficient (Wildman–Crippen LogP) is 1.37. The van der Waals surface area contributed by atoms with E-state index < -0.39 is 27.6 Å². The molecule has 8 heteroatoms. The molecule has 1 aromatic carbocycles. The zero-order valence-corrected chi connectivity index (χ0v) is 13.0. The maximum Gasteiger partial charge on any atom is 0.251 e. The topological polar surface area (TPSA) is 66.5 Å². The lowest BCUT2D eigenvalue weighted by Crippen LogP contribution is -2.41. The SMILES string of the molecule is CS(=O)(=O)N1CCC(CNC(=O)c2ccc(F)c(F)c2)CC1. The molecule has 22 heavy (non-hydrogen) atoms. The first kappa shape index (κ1) is 16.8. The van der Waals surface area contributed by atoms with Crippen LogP contribution in [-0.4, -0.2) is 44.5 Å². The number of sulfonamides is 1. The Morgan fingerprint density at radius 1 is 1.27 bits per heavy atom. The molecule has 0 aromatic heterocycles. The van der Waals surface area contributed by atoms with E-state index in [1.807, 2.05) is 0 Å². The summed E-state index contributed by atoms with van der Waals surface area (Å²) in [6.07, 6.45) is 2.49. The second-order valence-electron chi connectivity index (χ2n) is 5.44. The van der Waals surface area contributed by atoms with Gasteiger partial charge in [-0.1, -0.05) is 0 Å². The molecule has 1 amide bonds. The third-order valence-electron chi connectivity index (χ3n) is 3.78. The molecule has 0 aliphatic carbocycles. The molecule has 1 aliphatic rings. The molecule has 0 spiro atoms. The van der Waals surface area contributed by atoms with Crippen molar-refractivity contribution in [1.29, 1.82) is 0 Å². The highest BCUT2D eigenvalue weighted by atomic mass is 32.2. The van der Waals surface area contributed by atoms with Gasteiger partial charge in [0, 0.05) is 25.2 Å². The van der Waals surface area contributed by atoms with Crippen LogP contribution < -0.4 is 5.32 Å². The van der Waals surface area contributed by atoms with Crippen molar-refractivity contribution in [3.05, 3.63) is 35.4 Å². The van der Waals surface area contributed by atoms with Crippen LogP contribution in [-0.2, 0) is 10.0 Å². The summed E-state index contributed by atoms with van der Waals surface area (Å²) in [5.74, 6) is -2.35. The highest BCUT2D eigenvalue weighted by Gasteiger charge is 2.25. The summed E-state index contributed by atoms with van der Waals surface area (Å²) >= 11 is 0. The first-order chi connectivity index (χ1) is 10.3. The van der Waals surface area contributed by atoms with Gasteiger partial charge in [-0.2, -0.15) is 0 Å². The fourth-order valence-electron chi connectivity index (χ4n) is 2.42. The number of hydrogen-bond acceptors (Lipinski definition) is 3. The summed E-state index contributed by atoms with van der Waals surface area (Å²) < 4.78 is 50.1. The van der Waals surface area contributed by atoms with E-state index in [4.69, 9.17) is 0 Å². The van der Waals surface area contributed by atoms with Crippen LogP contribution in [0.1, 0.15) is 23.2 Å². The van der Waals surface area contributed by atoms with Gasteiger partial charge in [0.25, 0.3) is 5.91 Å². The Balaban J connectivity index is 1.84. The second kappa shape index (κ2) is 6.70. The molecule has 1 aromatic rings. The number of nitrogens with one attached hydrogen (secondary N) is 1. The van der Waals surface area contributed by atoms with E-state index in [1.165, 1.54) is 16.6 Å². The number of piperidine rings is 1. The second-order valence-corrected chi connectivity index (χ2v) is 7.43. The summed E-state index contributed by atoms with van der Waals surface area (Å²) in [7, 11) is -3.16. The Hall–Kier alpha value is -1.54. The molecular formula is C14H18F2N2O3S. The van der Waals surface area contributed by atoms with Crippen LogP contribution in [0.3, 0.4) is 0 Å². The summed E-state index contributed by atoms with van der Waals surface area (Å²) in [5, 5.41) is 2.67. The van der Waals surface area contributed by atoms with Crippen LogP contribution in [0.4, 0.5) is 8.78 Å². The van der Waals surface area contributed by atoms with Gasteiger partial charge in [-0.25, -0.2) is 21.5 Å². The smallest absolute Gasteiger partial charge is 0.251 e. The van der Waals surface area contributed by atoms with Crippen molar-refractivity contribution in [1.82, 2.24) is 9.62 Å². The van der Waals surface area contributed by atoms with E-state index in [2.05, 4.69) is 5.32 Å². The average Bonchev–Trinajstić information content (AvgIpc) is 2.47. The summed E-state index contributed by atoms with van der Waals surface area (Å²) in [5.41, 5.74) is 0.0625. The van der Waals surface area contributed by atoms with Crippen molar-refractivity contribution in [2.24, 2.45) is 5.92 Å². The third-order valence-corrected chi connectivity index (χ3v) is 5.08. The number of nitrogens with zero attached hydrogens (tertiary/aromatic N) is 1. The van der Waals surface area contributed by atoms with Gasteiger partial charge in [0.15, 0.2) is 11.6 Å². The fraction of sp³-hybridized carbons (Fsp3) is 0.500. The standard InChI is InChI=1S/C14H18F2N2O3S/c1-22(20,21)18-6-4-10(5-7-18)9-17-14(19)11-2-3-12(15)13(16)8-11/h2-3,8,10H,4-7,9H2,1H3,(H,17,19). The fourth-order valence-corrected chi connectivity index (χ4v) is 3.30. The quantitative estimate of drug-likeness (QED) is 0.905. The zero-order chi connectivity index (χ0) is 16.3. The molecule has 5 nitrogen and oxygen atoms in total. The van der Waals surface area contributed by atoms with Gasteiger partial charge in [0.05, 0.1) is 6.26 Å². The third kappa shape index (κ3) is 4.23. The minimum atomic E-state index is -3.16. The van der Waals surface area contributed by atoms with Gasteiger partial charge < -0.3 is 5.32 Å². The molecule has 0 bridgehead atoms. The maximum absolute atomic E-state index is 13.1. The number of carbonyl (C=O) groups is 1. The van der Waals surface area contributed by atoms with E-state index in [9.17, 15) is 22.0 Å². The molecular weight excluding hydrogens is 314 g/mol. The lowest BCUT2D eigenvalue weighted by Gasteiger charge is -2.30. The Labute approximate surface area is 128 Å². The minimum absolute atomic E-state index is 0.0625. The summed E-state index contributed by atoms with van der Waals surface area (Å²) in [6, 6.07) is 2.99. The molecule has 1 N–H and O–H groups in total. The van der Waals surface area contributed by atoms with Crippen molar-refractivity contribution in [3.8, 4) is 0 Å². The Morgan fingerprint density at radius 3 is 2.45 bits per heavy atom. The number of rotatable bonds is 4. The molecule has 0 saturated carbocycles. The molecule has 2 rings (SSSR count). The normalized spacial score (nSPS) is 17.4. The van der Waals surface area contributed by atoms with E-state index in [0.717, 1.165) is 12.1 Å². The lowest BCUT2D eigenvalue weighted by molar-refractivity contribution is 0.0941. The van der Waals surface area contributed by atoms with Crippen LogP contribution in [0.2, 0.25) is 0 Å². The van der Waals surface area contributed by atoms with Crippen LogP contribution in [0, 0.1) is 17.6 Å². The molecule has 0 atom stereocenters. The van der Waals surface area contributed by atoms with E-state index in [0.29, 0.717) is 32.5 Å². The highest BCUT2D eigenvalue weighted by molar-refractivity contribution is 7.88. The van der Waals surface area contributed by atoms with E-state index >= 15 is 0 Å². The van der Waals surface area contributed by atoms with Gasteiger partial charge in [-0.15, -0.1) is 0 Å². The highest BCUT2D eigenvalue weighted by Crippen LogP contribution is 2.18. The van der Waals surface area contributed by atoms with E-state index in [1.54, 1.807) is 0 Å². The molecule has 1 heterocycles. The van der Waals surface area contributed by atoms with Crippen molar-refractivity contribution in [2.45, 2.75) is 12.8 Å². The van der Waals surface area contributed by atoms with Crippen LogP contribution in [0.25, 0.3) is 0 Å². The largest absolute Gasteiger partial charge is 0.352 e. The van der Waals surface area contributed by atoms with Crippen LogP contribution in [0.15, 0.2) is 18.2 Å². The van der Waals surface area contributed by atoms with Gasteiger partial charge in [-0.05, 0) is 37.0 Å². The number of halogens is 2. The van der Waals surface area contributed by atoms with Crippen molar-refractivity contribution in [2.75, 3.05) is 25.9 Å². The Morgan fingerprint density at radius 2 is 1.91 bits per heavy atom. The average molecular weight is 332 g/mol. The molecule has 1 saturated heterocycles. The zero-order valence-electron chi connectivity index (χ0n) is 12.2. The Bertz CT molecular complexity index is 656. The van der Waals surface area contributed by atoms with Gasteiger partial charge in [0.1, 0.15) is 0 Å². The van der Waals surface area contributed by atoms with Gasteiger partial charge >= 0.3 is 0 Å². The van der Waals surface area contributed by atoms with Gasteiger partial charge in [0.2, 0.25) is 10.0 Å². The maximum atomic E-state index is 13.1. The monoisotopic (exact) mass is 332 g/mol. The molecule has 0 radical (unpaired) electrons. The predicted molar refractivity (Wildman–Crippen MR) is 77.8 cm³/mol. The minimum Gasteiger partial charge on any atom is -0.352 e. The number of benzene rings is 1. The summed E-state index contributed by atoms with van der Waals surface area (Å²) in [4.78, 5) is 11.9. The summed E-state index contributed by atoms with van der Waals surface area (Å²) in [6.45, 7) is 1.25. The van der Waals surface area contributed by atoms with Gasteiger partial charge in [-0.3, -0.25) is 4.79 Å². The number of carbonyl (C=O) groups excluding carboxylic acids is 1. The van der Waals surface area contributed by atoms with E-state index in [-0.39, 0.29) is 11.5 Å². The van der Waals surface area contributed by atoms with Crippen LogP contribution in [0.5, 0.6) is 0 Å². The van der Waals surface area contributed by atoms with Crippen molar-refractivity contribution >= 4 is 15.9 Å². The first-order valence-electron chi connectivity index (χ1n) is 6.96. The number of amides is 1. The molecule has 1 fully saturated rings. The van der Waals surface area contributed by atoms with Crippen molar-refractivity contribution in [3.63, 3.8) is 0 Å². The first-order valence-corrected chi connectivity index (χ1v) is 8.80.